The van der Waals surface area contributed by atoms with Crippen LogP contribution in [0.5, 0.6) is 0 Å². The average Bonchev–Trinajstić information content (AvgIpc) is 2.71. The quantitative estimate of drug-likeness (QED) is 0.630. The molecule has 3 aromatic rings. The summed E-state index contributed by atoms with van der Waals surface area (Å²) >= 11 is 0. The fourth-order valence-corrected chi connectivity index (χ4v) is 4.44. The summed E-state index contributed by atoms with van der Waals surface area (Å²) in [6.45, 7) is 3.01. The second kappa shape index (κ2) is 8.62. The van der Waals surface area contributed by atoms with Crippen LogP contribution in [0.2, 0.25) is 0 Å². The number of benzene rings is 3. The minimum atomic E-state index is -4.08. The number of nitrogens with zero attached hydrogens (tertiary/aromatic N) is 1. The zero-order valence-corrected chi connectivity index (χ0v) is 17.2. The molecule has 156 valence electrons. The molecule has 0 fully saturated rings. The molecular formula is C22H20F2N2O3S. The summed E-state index contributed by atoms with van der Waals surface area (Å²) < 4.78 is 54.6. The van der Waals surface area contributed by atoms with Crippen LogP contribution in [0, 0.1) is 25.5 Å². The minimum absolute atomic E-state index is 0.0201. The van der Waals surface area contributed by atoms with Crippen molar-refractivity contribution in [2.24, 2.45) is 0 Å². The SMILES string of the molecule is Cc1cccc(N(CC(=O)Nc2ccc(F)cc2F)S(=O)(=O)c2ccccc2)c1C. The van der Waals surface area contributed by atoms with Crippen LogP contribution in [0.15, 0.2) is 71.6 Å². The maximum Gasteiger partial charge on any atom is 0.264 e. The summed E-state index contributed by atoms with van der Waals surface area (Å²) in [6.07, 6.45) is 0. The molecule has 0 bridgehead atoms. The normalized spacial score (nSPS) is 11.2. The Bertz CT molecular complexity index is 1180. The number of carbonyl (C=O) groups is 1. The van der Waals surface area contributed by atoms with Gasteiger partial charge in [0.15, 0.2) is 0 Å². The molecule has 1 N–H and O–H groups in total. The van der Waals surface area contributed by atoms with Gasteiger partial charge < -0.3 is 5.32 Å². The van der Waals surface area contributed by atoms with Gasteiger partial charge in [0.05, 0.1) is 16.3 Å². The van der Waals surface area contributed by atoms with Crippen LogP contribution in [0.3, 0.4) is 0 Å². The molecule has 0 radical (unpaired) electrons. The van der Waals surface area contributed by atoms with Crippen molar-refractivity contribution in [1.29, 1.82) is 0 Å². The number of aryl methyl sites for hydroxylation is 1. The number of sulfonamides is 1. The van der Waals surface area contributed by atoms with E-state index >= 15 is 0 Å². The summed E-state index contributed by atoms with van der Waals surface area (Å²) in [7, 11) is -4.08. The van der Waals surface area contributed by atoms with Gasteiger partial charge in [-0.15, -0.1) is 0 Å². The highest BCUT2D eigenvalue weighted by Gasteiger charge is 2.28. The first-order valence-corrected chi connectivity index (χ1v) is 10.5. The van der Waals surface area contributed by atoms with Crippen LogP contribution in [-0.4, -0.2) is 20.9 Å². The molecule has 0 heterocycles. The highest BCUT2D eigenvalue weighted by atomic mass is 32.2. The van der Waals surface area contributed by atoms with Gasteiger partial charge in [-0.2, -0.15) is 0 Å². The van der Waals surface area contributed by atoms with Crippen molar-refractivity contribution < 1.29 is 22.0 Å². The summed E-state index contributed by atoms with van der Waals surface area (Å²) in [4.78, 5) is 12.6. The fraction of sp³-hybridized carbons (Fsp3) is 0.136. The summed E-state index contributed by atoms with van der Waals surface area (Å²) in [5, 5.41) is 2.31. The first-order chi connectivity index (χ1) is 14.2. The molecular weight excluding hydrogens is 410 g/mol. The van der Waals surface area contributed by atoms with Gasteiger partial charge >= 0.3 is 0 Å². The molecule has 3 rings (SSSR count). The van der Waals surface area contributed by atoms with Gasteiger partial charge in [0.25, 0.3) is 10.0 Å². The predicted molar refractivity (Wildman–Crippen MR) is 112 cm³/mol. The number of carbonyl (C=O) groups excluding carboxylic acids is 1. The molecule has 0 unspecified atom stereocenters. The molecule has 0 aliphatic carbocycles. The summed E-state index contributed by atoms with van der Waals surface area (Å²) in [5.41, 5.74) is 1.65. The van der Waals surface area contributed by atoms with E-state index in [1.54, 1.807) is 37.3 Å². The van der Waals surface area contributed by atoms with Crippen molar-refractivity contribution in [3.63, 3.8) is 0 Å². The number of anilines is 2. The van der Waals surface area contributed by atoms with Gasteiger partial charge in [-0.3, -0.25) is 9.10 Å². The highest BCUT2D eigenvalue weighted by molar-refractivity contribution is 7.92. The van der Waals surface area contributed by atoms with E-state index in [0.29, 0.717) is 17.3 Å². The standard InChI is InChI=1S/C22H20F2N2O3S/c1-15-7-6-10-21(16(15)2)26(30(28,29)18-8-4-3-5-9-18)14-22(27)25-20-12-11-17(23)13-19(20)24/h3-13H,14H2,1-2H3,(H,25,27). The van der Waals surface area contributed by atoms with Crippen molar-refractivity contribution in [2.75, 3.05) is 16.2 Å². The molecule has 8 heteroatoms. The zero-order chi connectivity index (χ0) is 21.9. The fourth-order valence-electron chi connectivity index (χ4n) is 2.94. The lowest BCUT2D eigenvalue weighted by molar-refractivity contribution is -0.114. The maximum atomic E-state index is 13.9. The molecule has 30 heavy (non-hydrogen) atoms. The van der Waals surface area contributed by atoms with Gasteiger partial charge in [0.2, 0.25) is 5.91 Å². The maximum absolute atomic E-state index is 13.9. The summed E-state index contributed by atoms with van der Waals surface area (Å²) in [5.74, 6) is -2.50. The Morgan fingerprint density at radius 1 is 0.967 bits per heavy atom. The van der Waals surface area contributed by atoms with Crippen molar-refractivity contribution in [1.82, 2.24) is 0 Å². The molecule has 5 nitrogen and oxygen atoms in total. The number of amides is 1. The Morgan fingerprint density at radius 2 is 1.67 bits per heavy atom. The average molecular weight is 430 g/mol. The monoisotopic (exact) mass is 430 g/mol. The van der Waals surface area contributed by atoms with E-state index in [4.69, 9.17) is 0 Å². The van der Waals surface area contributed by atoms with Crippen LogP contribution in [0.1, 0.15) is 11.1 Å². The van der Waals surface area contributed by atoms with Crippen LogP contribution < -0.4 is 9.62 Å². The first kappa shape index (κ1) is 21.4. The first-order valence-electron chi connectivity index (χ1n) is 9.09. The second-order valence-electron chi connectivity index (χ2n) is 6.72. The van der Waals surface area contributed by atoms with Crippen molar-refractivity contribution in [3.8, 4) is 0 Å². The van der Waals surface area contributed by atoms with Crippen LogP contribution in [-0.2, 0) is 14.8 Å². The third-order valence-electron chi connectivity index (χ3n) is 4.67. The third kappa shape index (κ3) is 4.49. The van der Waals surface area contributed by atoms with Gasteiger partial charge in [0.1, 0.15) is 18.2 Å². The number of nitrogens with one attached hydrogen (secondary N) is 1. The third-order valence-corrected chi connectivity index (χ3v) is 6.44. The number of hydrogen-bond donors (Lipinski definition) is 1. The molecule has 0 aromatic heterocycles. The number of hydrogen-bond acceptors (Lipinski definition) is 3. The van der Waals surface area contributed by atoms with Gasteiger partial charge in [-0.25, -0.2) is 17.2 Å². The molecule has 3 aromatic carbocycles. The van der Waals surface area contributed by atoms with Crippen LogP contribution in [0.25, 0.3) is 0 Å². The van der Waals surface area contributed by atoms with E-state index in [1.165, 1.54) is 12.1 Å². The molecule has 0 aliphatic heterocycles. The molecule has 1 amide bonds. The Hall–Kier alpha value is -3.26. The van der Waals surface area contributed by atoms with Crippen molar-refractivity contribution in [2.45, 2.75) is 18.7 Å². The minimum Gasteiger partial charge on any atom is -0.322 e. The molecule has 0 aliphatic rings. The highest BCUT2D eigenvalue weighted by Crippen LogP contribution is 2.28. The smallest absolute Gasteiger partial charge is 0.264 e. The van der Waals surface area contributed by atoms with Crippen LogP contribution >= 0.6 is 0 Å². The van der Waals surface area contributed by atoms with E-state index in [9.17, 15) is 22.0 Å². The topological polar surface area (TPSA) is 66.5 Å². The molecule has 0 saturated carbocycles. The molecule has 0 atom stereocenters. The lowest BCUT2D eigenvalue weighted by atomic mass is 10.1. The van der Waals surface area contributed by atoms with E-state index in [0.717, 1.165) is 22.0 Å². The Kier molecular flexibility index (Phi) is 6.17. The Balaban J connectivity index is 1.99. The number of halogens is 2. The van der Waals surface area contributed by atoms with E-state index < -0.39 is 34.1 Å². The zero-order valence-electron chi connectivity index (χ0n) is 16.4. The Morgan fingerprint density at radius 3 is 2.33 bits per heavy atom. The summed E-state index contributed by atoms with van der Waals surface area (Å²) in [6, 6.07) is 15.6. The van der Waals surface area contributed by atoms with Crippen molar-refractivity contribution in [3.05, 3.63) is 89.5 Å². The Labute approximate surface area is 174 Å². The van der Waals surface area contributed by atoms with Crippen LogP contribution in [0.4, 0.5) is 20.2 Å². The van der Waals surface area contributed by atoms with Crippen molar-refractivity contribution >= 4 is 27.3 Å². The van der Waals surface area contributed by atoms with Gasteiger partial charge in [-0.05, 0) is 55.3 Å². The largest absolute Gasteiger partial charge is 0.322 e. The molecule has 0 saturated heterocycles. The second-order valence-corrected chi connectivity index (χ2v) is 8.58. The van der Waals surface area contributed by atoms with E-state index in [1.807, 2.05) is 13.0 Å². The number of rotatable bonds is 6. The lowest BCUT2D eigenvalue weighted by Crippen LogP contribution is -2.38. The lowest BCUT2D eigenvalue weighted by Gasteiger charge is -2.26. The van der Waals surface area contributed by atoms with Gasteiger partial charge in [-0.1, -0.05) is 30.3 Å². The van der Waals surface area contributed by atoms with E-state index in [-0.39, 0.29) is 10.6 Å². The van der Waals surface area contributed by atoms with E-state index in [2.05, 4.69) is 5.32 Å². The predicted octanol–water partition coefficient (Wildman–Crippen LogP) is 4.42. The molecule has 0 spiro atoms. The van der Waals surface area contributed by atoms with Gasteiger partial charge in [0, 0.05) is 6.07 Å².